The quantitative estimate of drug-likeness (QED) is 0.771. The van der Waals surface area contributed by atoms with Crippen LogP contribution in [0.3, 0.4) is 0 Å². The third-order valence-electron chi connectivity index (χ3n) is 5.85. The third kappa shape index (κ3) is 3.37. The van der Waals surface area contributed by atoms with E-state index in [1.165, 1.54) is 4.90 Å². The summed E-state index contributed by atoms with van der Waals surface area (Å²) in [6.45, 7) is 4.21. The first-order valence-electron chi connectivity index (χ1n) is 9.74. The molecule has 3 aliphatic rings. The van der Waals surface area contributed by atoms with Gasteiger partial charge in [0.05, 0.1) is 17.8 Å². The maximum atomic E-state index is 13.3. The summed E-state index contributed by atoms with van der Waals surface area (Å²) in [5.74, 6) is -0.636. The van der Waals surface area contributed by atoms with Gasteiger partial charge in [-0.05, 0) is 38.4 Å². The first kappa shape index (κ1) is 18.1. The number of carbonyl (C=O) groups is 3. The summed E-state index contributed by atoms with van der Waals surface area (Å²) in [7, 11) is 2.07. The molecule has 2 saturated heterocycles. The molecule has 1 aromatic rings. The molecule has 27 heavy (non-hydrogen) atoms. The van der Waals surface area contributed by atoms with E-state index in [2.05, 4.69) is 16.8 Å². The molecule has 1 atom stereocenters. The Hall–Kier alpha value is -2.25. The molecule has 2 fully saturated rings. The van der Waals surface area contributed by atoms with Gasteiger partial charge in [0.1, 0.15) is 6.04 Å². The number of anilines is 1. The Balaban J connectivity index is 1.65. The summed E-state index contributed by atoms with van der Waals surface area (Å²) in [4.78, 5) is 46.8. The molecule has 0 bridgehead atoms. The van der Waals surface area contributed by atoms with E-state index in [1.54, 1.807) is 29.2 Å². The SMILES string of the molecule is CN1CCN(CC(=O)N2C(=O)C3CCCCN3C(=O)c3ccccc32)CC1. The maximum absolute atomic E-state index is 13.3. The van der Waals surface area contributed by atoms with Gasteiger partial charge in [0.25, 0.3) is 11.8 Å². The molecule has 0 saturated carbocycles. The van der Waals surface area contributed by atoms with Gasteiger partial charge >= 0.3 is 0 Å². The number of likely N-dealkylation sites (N-methyl/N-ethyl adjacent to an activating group) is 1. The molecule has 3 aliphatic heterocycles. The minimum absolute atomic E-state index is 0.140. The van der Waals surface area contributed by atoms with E-state index in [0.717, 1.165) is 39.0 Å². The van der Waals surface area contributed by atoms with E-state index < -0.39 is 6.04 Å². The van der Waals surface area contributed by atoms with Gasteiger partial charge < -0.3 is 9.80 Å². The van der Waals surface area contributed by atoms with Crippen LogP contribution in [0.5, 0.6) is 0 Å². The number of para-hydroxylation sites is 1. The molecule has 0 spiro atoms. The summed E-state index contributed by atoms with van der Waals surface area (Å²) >= 11 is 0. The topological polar surface area (TPSA) is 64.2 Å². The first-order valence-corrected chi connectivity index (χ1v) is 9.74. The van der Waals surface area contributed by atoms with Crippen molar-refractivity contribution in [3.63, 3.8) is 0 Å². The molecule has 0 N–H and O–H groups in total. The lowest BCUT2D eigenvalue weighted by Gasteiger charge is -2.35. The van der Waals surface area contributed by atoms with Crippen molar-refractivity contribution in [2.24, 2.45) is 0 Å². The van der Waals surface area contributed by atoms with E-state index in [9.17, 15) is 14.4 Å². The van der Waals surface area contributed by atoms with Crippen LogP contribution in [0.2, 0.25) is 0 Å². The summed E-state index contributed by atoms with van der Waals surface area (Å²) in [5, 5.41) is 0. The van der Waals surface area contributed by atoms with Gasteiger partial charge in [-0.2, -0.15) is 0 Å². The molecular formula is C20H26N4O3. The van der Waals surface area contributed by atoms with Crippen molar-refractivity contribution >= 4 is 23.4 Å². The first-order chi connectivity index (χ1) is 13.1. The highest BCUT2D eigenvalue weighted by Crippen LogP contribution is 2.32. The molecular weight excluding hydrogens is 344 g/mol. The minimum atomic E-state index is -0.532. The van der Waals surface area contributed by atoms with Crippen LogP contribution in [0, 0.1) is 0 Å². The fourth-order valence-corrected chi connectivity index (χ4v) is 4.23. The zero-order chi connectivity index (χ0) is 19.0. The van der Waals surface area contributed by atoms with Crippen LogP contribution < -0.4 is 4.90 Å². The minimum Gasteiger partial charge on any atom is -0.327 e. The van der Waals surface area contributed by atoms with Gasteiger partial charge in [0, 0.05) is 32.7 Å². The lowest BCUT2D eigenvalue weighted by molar-refractivity contribution is -0.130. The van der Waals surface area contributed by atoms with E-state index in [1.807, 2.05) is 0 Å². The highest BCUT2D eigenvalue weighted by Gasteiger charge is 2.42. The fraction of sp³-hybridized carbons (Fsp3) is 0.550. The van der Waals surface area contributed by atoms with Crippen LogP contribution in [0.15, 0.2) is 24.3 Å². The van der Waals surface area contributed by atoms with Crippen molar-refractivity contribution in [2.75, 3.05) is 51.2 Å². The lowest BCUT2D eigenvalue weighted by atomic mass is 10.0. The molecule has 7 heteroatoms. The van der Waals surface area contributed by atoms with Crippen molar-refractivity contribution in [1.82, 2.24) is 14.7 Å². The van der Waals surface area contributed by atoms with Crippen LogP contribution in [0.25, 0.3) is 0 Å². The second-order valence-corrected chi connectivity index (χ2v) is 7.67. The Morgan fingerprint density at radius 3 is 2.56 bits per heavy atom. The number of hydrogen-bond donors (Lipinski definition) is 0. The summed E-state index contributed by atoms with van der Waals surface area (Å²) < 4.78 is 0. The van der Waals surface area contributed by atoms with Gasteiger partial charge in [-0.25, -0.2) is 4.90 Å². The summed E-state index contributed by atoms with van der Waals surface area (Å²) in [5.41, 5.74) is 0.878. The second-order valence-electron chi connectivity index (χ2n) is 7.67. The second kappa shape index (κ2) is 7.40. The average molecular weight is 370 g/mol. The van der Waals surface area contributed by atoms with Gasteiger partial charge in [-0.1, -0.05) is 12.1 Å². The van der Waals surface area contributed by atoms with Crippen molar-refractivity contribution in [3.8, 4) is 0 Å². The largest absolute Gasteiger partial charge is 0.327 e. The fourth-order valence-electron chi connectivity index (χ4n) is 4.23. The number of piperazine rings is 1. The molecule has 144 valence electrons. The van der Waals surface area contributed by atoms with Crippen molar-refractivity contribution in [3.05, 3.63) is 29.8 Å². The van der Waals surface area contributed by atoms with Crippen molar-refractivity contribution in [1.29, 1.82) is 0 Å². The average Bonchev–Trinajstić information content (AvgIpc) is 2.78. The van der Waals surface area contributed by atoms with Gasteiger partial charge in [-0.15, -0.1) is 0 Å². The van der Waals surface area contributed by atoms with E-state index in [0.29, 0.717) is 24.2 Å². The van der Waals surface area contributed by atoms with E-state index in [4.69, 9.17) is 0 Å². The Kier molecular flexibility index (Phi) is 4.97. The molecule has 0 aromatic heterocycles. The molecule has 3 heterocycles. The lowest BCUT2D eigenvalue weighted by Crippen LogP contribution is -2.54. The maximum Gasteiger partial charge on any atom is 0.256 e. The van der Waals surface area contributed by atoms with E-state index >= 15 is 0 Å². The van der Waals surface area contributed by atoms with Gasteiger partial charge in [0.2, 0.25) is 5.91 Å². The van der Waals surface area contributed by atoms with Gasteiger partial charge in [0.15, 0.2) is 0 Å². The zero-order valence-corrected chi connectivity index (χ0v) is 15.8. The van der Waals surface area contributed by atoms with Crippen LogP contribution in [-0.4, -0.2) is 84.8 Å². The Bertz CT molecular complexity index is 757. The molecule has 3 amide bonds. The van der Waals surface area contributed by atoms with Crippen LogP contribution in [0.4, 0.5) is 5.69 Å². The molecule has 7 nitrogen and oxygen atoms in total. The molecule has 1 unspecified atom stereocenters. The number of hydrogen-bond acceptors (Lipinski definition) is 5. The Morgan fingerprint density at radius 2 is 1.78 bits per heavy atom. The molecule has 4 rings (SSSR count). The number of amides is 3. The smallest absolute Gasteiger partial charge is 0.256 e. The summed E-state index contributed by atoms with van der Waals surface area (Å²) in [6, 6.07) is 6.47. The van der Waals surface area contributed by atoms with E-state index in [-0.39, 0.29) is 24.3 Å². The van der Waals surface area contributed by atoms with Crippen molar-refractivity contribution < 1.29 is 14.4 Å². The third-order valence-corrected chi connectivity index (χ3v) is 5.85. The zero-order valence-electron chi connectivity index (χ0n) is 15.8. The van der Waals surface area contributed by atoms with Crippen LogP contribution in [-0.2, 0) is 9.59 Å². The number of piperidine rings is 1. The Morgan fingerprint density at radius 1 is 1.04 bits per heavy atom. The normalized spacial score (nSPS) is 24.4. The molecule has 1 aromatic carbocycles. The number of fused-ring (bicyclic) bond motifs is 2. The number of rotatable bonds is 2. The highest BCUT2D eigenvalue weighted by atomic mass is 16.2. The molecule has 0 aliphatic carbocycles. The van der Waals surface area contributed by atoms with Crippen LogP contribution in [0.1, 0.15) is 29.6 Å². The monoisotopic (exact) mass is 370 g/mol. The van der Waals surface area contributed by atoms with Crippen LogP contribution >= 0.6 is 0 Å². The standard InChI is InChI=1S/C20H26N4O3/c1-21-10-12-22(13-11-21)14-18(25)24-16-7-3-2-6-15(16)19(26)23-9-5-4-8-17(23)20(24)27/h2-3,6-7,17H,4-5,8-14H2,1H3. The number of benzene rings is 1. The summed E-state index contributed by atoms with van der Waals surface area (Å²) in [6.07, 6.45) is 2.42. The number of imide groups is 1. The van der Waals surface area contributed by atoms with Crippen molar-refractivity contribution in [2.45, 2.75) is 25.3 Å². The molecule has 0 radical (unpaired) electrons. The Labute approximate surface area is 159 Å². The predicted molar refractivity (Wildman–Crippen MR) is 102 cm³/mol. The predicted octanol–water partition coefficient (Wildman–Crippen LogP) is 0.802. The highest BCUT2D eigenvalue weighted by molar-refractivity contribution is 6.22. The van der Waals surface area contributed by atoms with Gasteiger partial charge in [-0.3, -0.25) is 19.3 Å². The number of carbonyl (C=O) groups excluding carboxylic acids is 3. The number of nitrogens with zero attached hydrogens (tertiary/aromatic N) is 4.